The molecule has 0 spiro atoms. The number of aliphatic hydroxyl groups is 1. The summed E-state index contributed by atoms with van der Waals surface area (Å²) < 4.78 is 0. The molecule has 2 amide bonds. The minimum atomic E-state index is -0.191. The Morgan fingerprint density at radius 3 is 2.45 bits per heavy atom. The van der Waals surface area contributed by atoms with Crippen LogP contribution in [-0.4, -0.2) is 23.8 Å². The fraction of sp³-hybridized carbons (Fsp3) is 0.562. The quantitative estimate of drug-likeness (QED) is 0.747. The van der Waals surface area contributed by atoms with Gasteiger partial charge in [0.1, 0.15) is 0 Å². The molecule has 1 fully saturated rings. The standard InChI is InChI=1S/C16H24N2O2/c1-3-14(10-19)17-16(20)18-15(13-8-9-13)12-6-4-11(2)5-7-12/h4-7,13-15,19H,3,8-10H2,1-2H3,(H2,17,18,20). The highest BCUT2D eigenvalue weighted by atomic mass is 16.3. The second-order valence-corrected chi connectivity index (χ2v) is 5.63. The average molecular weight is 276 g/mol. The summed E-state index contributed by atoms with van der Waals surface area (Å²) in [6, 6.07) is 8.03. The zero-order valence-electron chi connectivity index (χ0n) is 12.2. The maximum absolute atomic E-state index is 12.0. The molecule has 1 aliphatic carbocycles. The van der Waals surface area contributed by atoms with Crippen LogP contribution in [0.3, 0.4) is 0 Å². The maximum Gasteiger partial charge on any atom is 0.315 e. The Morgan fingerprint density at radius 2 is 1.95 bits per heavy atom. The number of hydrogen-bond donors (Lipinski definition) is 3. The summed E-state index contributed by atoms with van der Waals surface area (Å²) in [5.41, 5.74) is 2.38. The van der Waals surface area contributed by atoms with Gasteiger partial charge < -0.3 is 15.7 Å². The number of amides is 2. The summed E-state index contributed by atoms with van der Waals surface area (Å²) in [5, 5.41) is 15.0. The molecular weight excluding hydrogens is 252 g/mol. The number of benzene rings is 1. The van der Waals surface area contributed by atoms with E-state index < -0.39 is 0 Å². The van der Waals surface area contributed by atoms with E-state index in [4.69, 9.17) is 5.11 Å². The molecule has 0 heterocycles. The van der Waals surface area contributed by atoms with E-state index in [-0.39, 0.29) is 24.7 Å². The number of urea groups is 1. The normalized spacial score (nSPS) is 17.4. The summed E-state index contributed by atoms with van der Waals surface area (Å²) in [4.78, 5) is 12.0. The number of aliphatic hydroxyl groups excluding tert-OH is 1. The molecule has 1 aromatic rings. The molecule has 2 rings (SSSR count). The van der Waals surface area contributed by atoms with Gasteiger partial charge in [-0.1, -0.05) is 36.8 Å². The van der Waals surface area contributed by atoms with E-state index in [1.165, 1.54) is 5.56 Å². The van der Waals surface area contributed by atoms with Crippen LogP contribution in [0.15, 0.2) is 24.3 Å². The number of carbonyl (C=O) groups excluding carboxylic acids is 1. The SMILES string of the molecule is CCC(CO)NC(=O)NC(c1ccc(C)cc1)C1CC1. The van der Waals surface area contributed by atoms with Crippen molar-refractivity contribution in [2.24, 2.45) is 5.92 Å². The summed E-state index contributed by atoms with van der Waals surface area (Å²) in [6.07, 6.45) is 3.05. The van der Waals surface area contributed by atoms with Crippen molar-refractivity contribution < 1.29 is 9.90 Å². The summed E-state index contributed by atoms with van der Waals surface area (Å²) in [7, 11) is 0. The van der Waals surface area contributed by atoms with E-state index in [2.05, 4.69) is 41.8 Å². The third-order valence-corrected chi connectivity index (χ3v) is 3.86. The summed E-state index contributed by atoms with van der Waals surface area (Å²) >= 11 is 0. The molecule has 2 unspecified atom stereocenters. The molecular formula is C16H24N2O2. The van der Waals surface area contributed by atoms with Gasteiger partial charge in [0.15, 0.2) is 0 Å². The van der Waals surface area contributed by atoms with Gasteiger partial charge in [0.2, 0.25) is 0 Å². The van der Waals surface area contributed by atoms with Crippen molar-refractivity contribution in [2.45, 2.75) is 45.2 Å². The largest absolute Gasteiger partial charge is 0.394 e. The Kier molecular flexibility index (Phi) is 5.01. The molecule has 1 aromatic carbocycles. The van der Waals surface area contributed by atoms with Crippen molar-refractivity contribution in [3.63, 3.8) is 0 Å². The third kappa shape index (κ3) is 3.97. The van der Waals surface area contributed by atoms with Gasteiger partial charge in [-0.25, -0.2) is 4.79 Å². The number of carbonyl (C=O) groups is 1. The fourth-order valence-corrected chi connectivity index (χ4v) is 2.32. The van der Waals surface area contributed by atoms with Gasteiger partial charge in [-0.05, 0) is 37.7 Å². The highest BCUT2D eigenvalue weighted by Crippen LogP contribution is 2.40. The van der Waals surface area contributed by atoms with Gasteiger partial charge in [0.25, 0.3) is 0 Å². The molecule has 0 radical (unpaired) electrons. The summed E-state index contributed by atoms with van der Waals surface area (Å²) in [5.74, 6) is 0.539. The molecule has 20 heavy (non-hydrogen) atoms. The first-order valence-corrected chi connectivity index (χ1v) is 7.38. The minimum absolute atomic E-state index is 0.0253. The minimum Gasteiger partial charge on any atom is -0.394 e. The lowest BCUT2D eigenvalue weighted by Gasteiger charge is -2.21. The Hall–Kier alpha value is -1.55. The Bertz CT molecular complexity index is 436. The lowest BCUT2D eigenvalue weighted by atomic mass is 10.0. The highest BCUT2D eigenvalue weighted by molar-refractivity contribution is 5.74. The molecule has 2 atom stereocenters. The molecule has 0 aromatic heterocycles. The summed E-state index contributed by atoms with van der Waals surface area (Å²) in [6.45, 7) is 3.98. The van der Waals surface area contributed by atoms with Crippen molar-refractivity contribution in [3.8, 4) is 0 Å². The van der Waals surface area contributed by atoms with E-state index in [9.17, 15) is 4.79 Å². The number of hydrogen-bond acceptors (Lipinski definition) is 2. The lowest BCUT2D eigenvalue weighted by molar-refractivity contribution is 0.211. The van der Waals surface area contributed by atoms with Gasteiger partial charge in [0.05, 0.1) is 18.7 Å². The molecule has 1 saturated carbocycles. The van der Waals surface area contributed by atoms with Crippen LogP contribution >= 0.6 is 0 Å². The number of rotatable bonds is 6. The topological polar surface area (TPSA) is 61.4 Å². The first-order valence-electron chi connectivity index (χ1n) is 7.38. The highest BCUT2D eigenvalue weighted by Gasteiger charge is 2.33. The van der Waals surface area contributed by atoms with E-state index >= 15 is 0 Å². The molecule has 4 heteroatoms. The van der Waals surface area contributed by atoms with Gasteiger partial charge in [-0.3, -0.25) is 0 Å². The second kappa shape index (κ2) is 6.75. The molecule has 0 bridgehead atoms. The van der Waals surface area contributed by atoms with Crippen LogP contribution in [0.2, 0.25) is 0 Å². The smallest absolute Gasteiger partial charge is 0.315 e. The van der Waals surface area contributed by atoms with E-state index in [1.807, 2.05) is 6.92 Å². The predicted molar refractivity (Wildman–Crippen MR) is 79.5 cm³/mol. The molecule has 0 saturated heterocycles. The lowest BCUT2D eigenvalue weighted by Crippen LogP contribution is -2.45. The van der Waals surface area contributed by atoms with Crippen LogP contribution in [-0.2, 0) is 0 Å². The van der Waals surface area contributed by atoms with Crippen LogP contribution < -0.4 is 10.6 Å². The van der Waals surface area contributed by atoms with Crippen LogP contribution in [0.4, 0.5) is 4.79 Å². The van der Waals surface area contributed by atoms with Crippen LogP contribution in [0.1, 0.15) is 43.4 Å². The van der Waals surface area contributed by atoms with Crippen LogP contribution in [0.25, 0.3) is 0 Å². The average Bonchev–Trinajstić information content (AvgIpc) is 3.28. The fourth-order valence-electron chi connectivity index (χ4n) is 2.32. The van der Waals surface area contributed by atoms with Gasteiger partial charge in [-0.2, -0.15) is 0 Å². The maximum atomic E-state index is 12.0. The first kappa shape index (κ1) is 14.9. The number of aryl methyl sites for hydroxylation is 1. The predicted octanol–water partition coefficient (Wildman–Crippen LogP) is 2.52. The second-order valence-electron chi connectivity index (χ2n) is 5.63. The molecule has 1 aliphatic rings. The zero-order chi connectivity index (χ0) is 14.5. The van der Waals surface area contributed by atoms with Crippen LogP contribution in [0.5, 0.6) is 0 Å². The molecule has 4 nitrogen and oxygen atoms in total. The monoisotopic (exact) mass is 276 g/mol. The Balaban J connectivity index is 1.99. The van der Waals surface area contributed by atoms with Gasteiger partial charge in [0, 0.05) is 0 Å². The van der Waals surface area contributed by atoms with E-state index in [1.54, 1.807) is 0 Å². The van der Waals surface area contributed by atoms with Crippen molar-refractivity contribution in [3.05, 3.63) is 35.4 Å². The third-order valence-electron chi connectivity index (χ3n) is 3.86. The van der Waals surface area contributed by atoms with Crippen molar-refractivity contribution in [1.29, 1.82) is 0 Å². The van der Waals surface area contributed by atoms with Gasteiger partial charge >= 0.3 is 6.03 Å². The first-order chi connectivity index (χ1) is 9.63. The van der Waals surface area contributed by atoms with Crippen molar-refractivity contribution >= 4 is 6.03 Å². The van der Waals surface area contributed by atoms with Crippen molar-refractivity contribution in [2.75, 3.05) is 6.61 Å². The Labute approximate surface area is 120 Å². The molecule has 3 N–H and O–H groups in total. The van der Waals surface area contributed by atoms with Crippen molar-refractivity contribution in [1.82, 2.24) is 10.6 Å². The molecule has 0 aliphatic heterocycles. The van der Waals surface area contributed by atoms with E-state index in [0.717, 1.165) is 24.8 Å². The number of nitrogens with one attached hydrogen (secondary N) is 2. The zero-order valence-corrected chi connectivity index (χ0v) is 12.2. The van der Waals surface area contributed by atoms with Crippen LogP contribution in [0, 0.1) is 12.8 Å². The molecule has 110 valence electrons. The Morgan fingerprint density at radius 1 is 1.30 bits per heavy atom. The van der Waals surface area contributed by atoms with Gasteiger partial charge in [-0.15, -0.1) is 0 Å². The van der Waals surface area contributed by atoms with E-state index in [0.29, 0.717) is 5.92 Å².